The molecule has 0 bridgehead atoms. The quantitative estimate of drug-likeness (QED) is 0.428. The van der Waals surface area contributed by atoms with E-state index in [9.17, 15) is 22.4 Å². The van der Waals surface area contributed by atoms with Crippen molar-refractivity contribution in [3.05, 3.63) is 32.5 Å². The molecular weight excluding hydrogens is 315 g/mol. The molecule has 0 amide bonds. The van der Waals surface area contributed by atoms with Crippen molar-refractivity contribution >= 4 is 33.3 Å². The van der Waals surface area contributed by atoms with Crippen LogP contribution in [-0.2, 0) is 0 Å². The highest BCUT2D eigenvalue weighted by Crippen LogP contribution is 2.35. The van der Waals surface area contributed by atoms with Crippen LogP contribution in [0.15, 0.2) is 10.5 Å². The van der Waals surface area contributed by atoms with Crippen LogP contribution >= 0.6 is 27.5 Å². The third-order valence-electron chi connectivity index (χ3n) is 1.82. The van der Waals surface area contributed by atoms with Crippen LogP contribution in [0.4, 0.5) is 17.6 Å². The van der Waals surface area contributed by atoms with Gasteiger partial charge in [-0.3, -0.25) is 4.79 Å². The Labute approximate surface area is 102 Å². The number of benzene rings is 1. The van der Waals surface area contributed by atoms with Gasteiger partial charge >= 0.3 is 6.18 Å². The zero-order chi connectivity index (χ0) is 12.7. The molecule has 0 aromatic heterocycles. The van der Waals surface area contributed by atoms with E-state index in [1.165, 1.54) is 6.92 Å². The predicted octanol–water partition coefficient (Wildman–Crippen LogP) is 4.30. The van der Waals surface area contributed by atoms with Crippen LogP contribution in [-0.4, -0.2) is 12.0 Å². The fourth-order valence-corrected chi connectivity index (χ4v) is 1.89. The summed E-state index contributed by atoms with van der Waals surface area (Å²) in [6, 6.07) is 0.784. The van der Waals surface area contributed by atoms with Crippen molar-refractivity contribution in [1.82, 2.24) is 0 Å². The Morgan fingerprint density at radius 1 is 1.44 bits per heavy atom. The van der Waals surface area contributed by atoms with E-state index in [2.05, 4.69) is 15.9 Å². The third-order valence-corrected chi connectivity index (χ3v) is 3.33. The molecule has 1 aromatic rings. The predicted molar refractivity (Wildman–Crippen MR) is 54.2 cm³/mol. The van der Waals surface area contributed by atoms with Crippen molar-refractivity contribution in [3.8, 4) is 0 Å². The zero-order valence-electron chi connectivity index (χ0n) is 7.75. The molecule has 0 saturated carbocycles. The van der Waals surface area contributed by atoms with Crippen LogP contribution in [0.3, 0.4) is 0 Å². The first-order valence-electron chi connectivity index (χ1n) is 3.92. The molecule has 7 heteroatoms. The minimum absolute atomic E-state index is 0.117. The van der Waals surface area contributed by atoms with Gasteiger partial charge in [0.2, 0.25) is 0 Å². The minimum Gasteiger partial charge on any atom is -0.284 e. The van der Waals surface area contributed by atoms with Crippen LogP contribution in [0.2, 0.25) is 5.02 Å². The van der Waals surface area contributed by atoms with Crippen molar-refractivity contribution in [2.24, 2.45) is 0 Å². The lowest BCUT2D eigenvalue weighted by molar-refractivity contribution is -0.0888. The number of carbonyl (C=O) groups is 1. The van der Waals surface area contributed by atoms with Crippen molar-refractivity contribution in [1.29, 1.82) is 0 Å². The maximum absolute atomic E-state index is 13.3. The van der Waals surface area contributed by atoms with Crippen LogP contribution in [0.1, 0.15) is 15.9 Å². The van der Waals surface area contributed by atoms with E-state index in [1.807, 2.05) is 0 Å². The Bertz CT molecular complexity index is 456. The van der Waals surface area contributed by atoms with Crippen molar-refractivity contribution in [2.75, 3.05) is 0 Å². The number of halogens is 6. The standard InChI is InChI=1S/C9H4BrClF4O/c1-3-2-4(12)5(6(10)7(3)11)8(16)9(13,14)15/h2H,1H3. The van der Waals surface area contributed by atoms with Gasteiger partial charge in [0.15, 0.2) is 0 Å². The molecule has 16 heavy (non-hydrogen) atoms. The van der Waals surface area contributed by atoms with Gasteiger partial charge in [0.05, 0.1) is 15.1 Å². The average Bonchev–Trinajstić information content (AvgIpc) is 2.13. The number of rotatable bonds is 1. The number of aryl methyl sites for hydroxylation is 1. The molecule has 1 aromatic carbocycles. The van der Waals surface area contributed by atoms with E-state index in [-0.39, 0.29) is 15.1 Å². The van der Waals surface area contributed by atoms with Gasteiger partial charge in [0.25, 0.3) is 5.78 Å². The second-order valence-electron chi connectivity index (χ2n) is 3.01. The second-order valence-corrected chi connectivity index (χ2v) is 4.18. The molecule has 88 valence electrons. The molecule has 0 unspecified atom stereocenters. The van der Waals surface area contributed by atoms with Crippen LogP contribution in [0, 0.1) is 12.7 Å². The number of hydrogen-bond donors (Lipinski definition) is 0. The van der Waals surface area contributed by atoms with Gasteiger partial charge in [-0.2, -0.15) is 13.2 Å². The molecule has 1 nitrogen and oxygen atoms in total. The Balaban J connectivity index is 3.47. The van der Waals surface area contributed by atoms with E-state index in [4.69, 9.17) is 11.6 Å². The van der Waals surface area contributed by atoms with Gasteiger partial charge in [-0.25, -0.2) is 4.39 Å². The molecule has 0 spiro atoms. The van der Waals surface area contributed by atoms with Gasteiger partial charge in [0.1, 0.15) is 5.82 Å². The molecule has 1 rings (SSSR count). The first-order valence-corrected chi connectivity index (χ1v) is 5.09. The van der Waals surface area contributed by atoms with Gasteiger partial charge in [-0.05, 0) is 34.5 Å². The van der Waals surface area contributed by atoms with Gasteiger partial charge < -0.3 is 0 Å². The third kappa shape index (κ3) is 2.38. The van der Waals surface area contributed by atoms with E-state index in [1.54, 1.807) is 0 Å². The minimum atomic E-state index is -5.14. The lowest BCUT2D eigenvalue weighted by atomic mass is 10.1. The summed E-state index contributed by atoms with van der Waals surface area (Å²) in [6.45, 7) is 1.41. The molecule has 0 aliphatic carbocycles. The Morgan fingerprint density at radius 3 is 2.38 bits per heavy atom. The maximum atomic E-state index is 13.3. The summed E-state index contributed by atoms with van der Waals surface area (Å²) in [5, 5.41) is -0.117. The molecule has 0 aliphatic rings. The zero-order valence-corrected chi connectivity index (χ0v) is 10.1. The molecule has 0 heterocycles. The van der Waals surface area contributed by atoms with E-state index in [0.717, 1.165) is 6.07 Å². The number of carbonyl (C=O) groups excluding carboxylic acids is 1. The number of ketones is 1. The SMILES string of the molecule is Cc1cc(F)c(C(=O)C(F)(F)F)c(Br)c1Cl. The summed E-state index contributed by atoms with van der Waals surface area (Å²) in [4.78, 5) is 10.9. The van der Waals surface area contributed by atoms with Crippen LogP contribution < -0.4 is 0 Å². The number of hydrogen-bond acceptors (Lipinski definition) is 1. The molecule has 0 N–H and O–H groups in total. The van der Waals surface area contributed by atoms with Crippen LogP contribution in [0.5, 0.6) is 0 Å². The molecule has 0 radical (unpaired) electrons. The van der Waals surface area contributed by atoms with Crippen molar-refractivity contribution in [2.45, 2.75) is 13.1 Å². The highest BCUT2D eigenvalue weighted by atomic mass is 79.9. The van der Waals surface area contributed by atoms with Crippen molar-refractivity contribution in [3.63, 3.8) is 0 Å². The Kier molecular flexibility index (Phi) is 3.64. The largest absolute Gasteiger partial charge is 0.455 e. The lowest BCUT2D eigenvalue weighted by Gasteiger charge is -2.10. The fraction of sp³-hybridized carbons (Fsp3) is 0.222. The van der Waals surface area contributed by atoms with Crippen molar-refractivity contribution < 1.29 is 22.4 Å². The highest BCUT2D eigenvalue weighted by Gasteiger charge is 2.42. The summed E-state index contributed by atoms with van der Waals surface area (Å²) in [5.74, 6) is -3.52. The number of alkyl halides is 3. The molecule has 0 atom stereocenters. The van der Waals surface area contributed by atoms with E-state index >= 15 is 0 Å². The summed E-state index contributed by atoms with van der Waals surface area (Å²) in [6.07, 6.45) is -5.14. The monoisotopic (exact) mass is 318 g/mol. The topological polar surface area (TPSA) is 17.1 Å². The first kappa shape index (κ1) is 13.4. The molecule has 0 saturated heterocycles. The molecular formula is C9H4BrClF4O. The highest BCUT2D eigenvalue weighted by molar-refractivity contribution is 9.10. The first-order chi connectivity index (χ1) is 7.16. The van der Waals surface area contributed by atoms with Gasteiger partial charge in [-0.15, -0.1) is 0 Å². The van der Waals surface area contributed by atoms with E-state index in [0.29, 0.717) is 0 Å². The van der Waals surface area contributed by atoms with E-state index < -0.39 is 23.3 Å². The smallest absolute Gasteiger partial charge is 0.284 e. The summed E-state index contributed by atoms with van der Waals surface area (Å²) >= 11 is 8.30. The van der Waals surface area contributed by atoms with Gasteiger partial charge in [-0.1, -0.05) is 11.6 Å². The van der Waals surface area contributed by atoms with Gasteiger partial charge in [0, 0.05) is 0 Å². The normalized spacial score (nSPS) is 11.7. The molecule has 0 fully saturated rings. The number of Topliss-reactive ketones (excluding diaryl/α,β-unsaturated/α-hetero) is 1. The second kappa shape index (κ2) is 4.33. The fourth-order valence-electron chi connectivity index (χ4n) is 1.06. The summed E-state index contributed by atoms with van der Waals surface area (Å²) < 4.78 is 49.3. The Hall–Kier alpha value is -0.620. The maximum Gasteiger partial charge on any atom is 0.455 e. The summed E-state index contributed by atoms with van der Waals surface area (Å²) in [7, 11) is 0. The summed E-state index contributed by atoms with van der Waals surface area (Å²) in [5.41, 5.74) is -0.854. The Morgan fingerprint density at radius 2 is 1.94 bits per heavy atom. The average molecular weight is 319 g/mol. The molecule has 0 aliphatic heterocycles. The lowest BCUT2D eigenvalue weighted by Crippen LogP contribution is -2.24. The van der Waals surface area contributed by atoms with Crippen LogP contribution in [0.25, 0.3) is 0 Å².